The highest BCUT2D eigenvalue weighted by Gasteiger charge is 2.11. The van der Waals surface area contributed by atoms with Gasteiger partial charge in [-0.05, 0) is 24.6 Å². The fraction of sp³-hybridized carbons (Fsp3) is 0.400. The molecule has 0 radical (unpaired) electrons. The van der Waals surface area contributed by atoms with Gasteiger partial charge < -0.3 is 5.11 Å². The number of hydrogen-bond donors (Lipinski definition) is 2. The van der Waals surface area contributed by atoms with Crippen LogP contribution < -0.4 is 4.72 Å². The third-order valence-electron chi connectivity index (χ3n) is 1.87. The van der Waals surface area contributed by atoms with Crippen molar-refractivity contribution in [2.45, 2.75) is 18.8 Å². The summed E-state index contributed by atoms with van der Waals surface area (Å²) in [5.74, 6) is -0.627. The van der Waals surface area contributed by atoms with Gasteiger partial charge in [0.1, 0.15) is 5.82 Å². The highest BCUT2D eigenvalue weighted by atomic mass is 32.2. The molecule has 0 saturated carbocycles. The fourth-order valence-electron chi connectivity index (χ4n) is 1.10. The van der Waals surface area contributed by atoms with Crippen LogP contribution in [0.1, 0.15) is 12.5 Å². The monoisotopic (exact) mass is 247 g/mol. The summed E-state index contributed by atoms with van der Waals surface area (Å²) in [4.78, 5) is 0. The molecule has 0 aliphatic heterocycles. The van der Waals surface area contributed by atoms with Crippen molar-refractivity contribution < 1.29 is 17.9 Å². The van der Waals surface area contributed by atoms with Crippen LogP contribution in [0.4, 0.5) is 4.39 Å². The Bertz CT molecular complexity index is 428. The van der Waals surface area contributed by atoms with E-state index in [9.17, 15) is 12.8 Å². The van der Waals surface area contributed by atoms with Crippen molar-refractivity contribution in [1.29, 1.82) is 0 Å². The second kappa shape index (κ2) is 5.38. The molecule has 0 aliphatic rings. The maximum atomic E-state index is 12.6. The van der Waals surface area contributed by atoms with Crippen molar-refractivity contribution in [2.24, 2.45) is 0 Å². The summed E-state index contributed by atoms with van der Waals surface area (Å²) in [5.41, 5.74) is 0.500. The molecule has 1 unspecified atom stereocenters. The number of aliphatic hydroxyl groups excluding tert-OH is 1. The lowest BCUT2D eigenvalue weighted by Gasteiger charge is -2.08. The van der Waals surface area contributed by atoms with Gasteiger partial charge in [-0.2, -0.15) is 0 Å². The first-order valence-electron chi connectivity index (χ1n) is 4.79. The summed E-state index contributed by atoms with van der Waals surface area (Å²) in [6.07, 6.45) is -0.733. The quantitative estimate of drug-likeness (QED) is 0.802. The Balaban J connectivity index is 2.62. The third kappa shape index (κ3) is 4.69. The first kappa shape index (κ1) is 13.1. The van der Waals surface area contributed by atoms with Crippen LogP contribution in [0.15, 0.2) is 24.3 Å². The number of hydrogen-bond acceptors (Lipinski definition) is 3. The zero-order chi connectivity index (χ0) is 12.2. The molecule has 0 saturated heterocycles. The molecule has 2 N–H and O–H groups in total. The van der Waals surface area contributed by atoms with Crippen LogP contribution in [0.3, 0.4) is 0 Å². The predicted octanol–water partition coefficient (Wildman–Crippen LogP) is 0.626. The zero-order valence-corrected chi connectivity index (χ0v) is 9.67. The van der Waals surface area contributed by atoms with Gasteiger partial charge in [0, 0.05) is 6.54 Å². The minimum atomic E-state index is -3.47. The van der Waals surface area contributed by atoms with E-state index in [1.165, 1.54) is 31.2 Å². The van der Waals surface area contributed by atoms with Gasteiger partial charge in [-0.3, -0.25) is 0 Å². The van der Waals surface area contributed by atoms with Crippen molar-refractivity contribution >= 4 is 10.0 Å². The predicted molar refractivity (Wildman–Crippen MR) is 58.7 cm³/mol. The molecule has 1 aromatic rings. The second-order valence-corrected chi connectivity index (χ2v) is 5.39. The molecule has 0 fully saturated rings. The summed E-state index contributed by atoms with van der Waals surface area (Å²) in [7, 11) is -3.47. The van der Waals surface area contributed by atoms with Crippen LogP contribution in [0.5, 0.6) is 0 Å². The zero-order valence-electron chi connectivity index (χ0n) is 8.85. The van der Waals surface area contributed by atoms with E-state index in [2.05, 4.69) is 4.72 Å². The molecule has 1 atom stereocenters. The van der Waals surface area contributed by atoms with Gasteiger partial charge in [-0.25, -0.2) is 17.5 Å². The van der Waals surface area contributed by atoms with Gasteiger partial charge in [0.25, 0.3) is 0 Å². The maximum absolute atomic E-state index is 12.6. The average molecular weight is 247 g/mol. The van der Waals surface area contributed by atoms with E-state index in [0.717, 1.165) is 0 Å². The Morgan fingerprint density at radius 1 is 1.38 bits per heavy atom. The van der Waals surface area contributed by atoms with E-state index in [1.54, 1.807) is 0 Å². The molecule has 16 heavy (non-hydrogen) atoms. The fourth-order valence-corrected chi connectivity index (χ4v) is 2.33. The topological polar surface area (TPSA) is 66.4 Å². The van der Waals surface area contributed by atoms with E-state index >= 15 is 0 Å². The number of rotatable bonds is 5. The third-order valence-corrected chi connectivity index (χ3v) is 3.19. The number of nitrogens with one attached hydrogen (secondary N) is 1. The summed E-state index contributed by atoms with van der Waals surface area (Å²) >= 11 is 0. The van der Waals surface area contributed by atoms with Gasteiger partial charge in [-0.1, -0.05) is 12.1 Å². The molecule has 90 valence electrons. The van der Waals surface area contributed by atoms with Crippen LogP contribution >= 0.6 is 0 Å². The van der Waals surface area contributed by atoms with E-state index < -0.39 is 21.9 Å². The number of halogens is 1. The summed E-state index contributed by atoms with van der Waals surface area (Å²) in [5, 5.41) is 8.94. The molecule has 4 nitrogen and oxygen atoms in total. The van der Waals surface area contributed by atoms with Crippen molar-refractivity contribution in [3.63, 3.8) is 0 Å². The average Bonchev–Trinajstić information content (AvgIpc) is 2.19. The molecule has 0 amide bonds. The second-order valence-electron chi connectivity index (χ2n) is 3.58. The Morgan fingerprint density at radius 2 is 1.94 bits per heavy atom. The number of sulfonamides is 1. The lowest BCUT2D eigenvalue weighted by atomic mass is 10.2. The number of benzene rings is 1. The van der Waals surface area contributed by atoms with Crippen LogP contribution in [-0.2, 0) is 15.8 Å². The minimum Gasteiger partial charge on any atom is -0.392 e. The van der Waals surface area contributed by atoms with E-state index in [-0.39, 0.29) is 12.3 Å². The van der Waals surface area contributed by atoms with Crippen LogP contribution in [0.2, 0.25) is 0 Å². The molecule has 6 heteroatoms. The normalized spacial score (nSPS) is 13.7. The van der Waals surface area contributed by atoms with Gasteiger partial charge in [0.2, 0.25) is 10.0 Å². The van der Waals surface area contributed by atoms with Crippen LogP contribution in [0.25, 0.3) is 0 Å². The van der Waals surface area contributed by atoms with Gasteiger partial charge in [0.05, 0.1) is 11.9 Å². The summed E-state index contributed by atoms with van der Waals surface area (Å²) < 4.78 is 37.8. The standard InChI is InChI=1S/C10H14FNO3S/c1-8(13)6-12-16(14,15)7-9-2-4-10(11)5-3-9/h2-5,8,12-13H,6-7H2,1H3. The van der Waals surface area contributed by atoms with Crippen molar-refractivity contribution in [3.05, 3.63) is 35.6 Å². The molecule has 1 rings (SSSR count). The van der Waals surface area contributed by atoms with Crippen LogP contribution in [0, 0.1) is 5.82 Å². The van der Waals surface area contributed by atoms with E-state index in [1.807, 2.05) is 0 Å². The van der Waals surface area contributed by atoms with Gasteiger partial charge in [-0.15, -0.1) is 0 Å². The molecule has 0 spiro atoms. The van der Waals surface area contributed by atoms with Crippen LogP contribution in [-0.4, -0.2) is 26.2 Å². The van der Waals surface area contributed by atoms with Crippen molar-refractivity contribution in [3.8, 4) is 0 Å². The number of aliphatic hydroxyl groups is 1. The molecule has 0 bridgehead atoms. The Kier molecular flexibility index (Phi) is 4.40. The smallest absolute Gasteiger partial charge is 0.215 e. The molecule has 0 aliphatic carbocycles. The van der Waals surface area contributed by atoms with Crippen molar-refractivity contribution in [1.82, 2.24) is 4.72 Å². The Labute approximate surface area is 94.2 Å². The van der Waals surface area contributed by atoms with Gasteiger partial charge >= 0.3 is 0 Å². The molecule has 0 heterocycles. The summed E-state index contributed by atoms with van der Waals surface area (Å²) in [6, 6.07) is 5.24. The molecular weight excluding hydrogens is 233 g/mol. The lowest BCUT2D eigenvalue weighted by Crippen LogP contribution is -2.31. The van der Waals surface area contributed by atoms with Gasteiger partial charge in [0.15, 0.2) is 0 Å². The largest absolute Gasteiger partial charge is 0.392 e. The first-order chi connectivity index (χ1) is 7.39. The Morgan fingerprint density at radius 3 is 2.44 bits per heavy atom. The SMILES string of the molecule is CC(O)CNS(=O)(=O)Cc1ccc(F)cc1. The van der Waals surface area contributed by atoms with Crippen molar-refractivity contribution in [2.75, 3.05) is 6.54 Å². The van der Waals surface area contributed by atoms with E-state index in [4.69, 9.17) is 5.11 Å². The lowest BCUT2D eigenvalue weighted by molar-refractivity contribution is 0.198. The minimum absolute atomic E-state index is 0.0243. The highest BCUT2D eigenvalue weighted by Crippen LogP contribution is 2.06. The molecule has 0 aromatic heterocycles. The maximum Gasteiger partial charge on any atom is 0.215 e. The Hall–Kier alpha value is -0.980. The summed E-state index contributed by atoms with van der Waals surface area (Å²) in [6.45, 7) is 1.46. The van der Waals surface area contributed by atoms with E-state index in [0.29, 0.717) is 5.56 Å². The highest BCUT2D eigenvalue weighted by molar-refractivity contribution is 7.88. The molecular formula is C10H14FNO3S. The first-order valence-corrected chi connectivity index (χ1v) is 6.44. The molecule has 1 aromatic carbocycles.